The van der Waals surface area contributed by atoms with E-state index in [0.29, 0.717) is 19.1 Å². The molecule has 130 valence electrons. The molecule has 1 unspecified atom stereocenters. The standard InChI is InChI=1S/C20H23N3O2/c1-2-12-25-15-18-4-3-10-23(14-18)20(24)19-7-5-17(6-8-19)13-22-11-9-21-16-22/h1,5-9,11,16,18H,3-4,10,12-15H2. The van der Waals surface area contributed by atoms with Gasteiger partial charge in [0, 0.05) is 43.5 Å². The largest absolute Gasteiger partial charge is 0.368 e. The fourth-order valence-corrected chi connectivity index (χ4v) is 3.20. The maximum atomic E-state index is 12.7. The third-order valence-electron chi connectivity index (χ3n) is 4.47. The Labute approximate surface area is 148 Å². The molecule has 1 aromatic carbocycles. The molecule has 2 aromatic rings. The van der Waals surface area contributed by atoms with Gasteiger partial charge in [-0.15, -0.1) is 6.42 Å². The first-order valence-corrected chi connectivity index (χ1v) is 8.61. The molecule has 1 aliphatic heterocycles. The lowest BCUT2D eigenvalue weighted by molar-refractivity contribution is 0.0534. The molecule has 0 radical (unpaired) electrons. The SMILES string of the molecule is C#CCOCC1CCCN(C(=O)c2ccc(Cn3ccnc3)cc2)C1. The molecule has 25 heavy (non-hydrogen) atoms. The Bertz CT molecular complexity index is 716. The monoisotopic (exact) mass is 337 g/mol. The first-order chi connectivity index (χ1) is 12.3. The minimum atomic E-state index is 0.0934. The molecular formula is C20H23N3O2. The van der Waals surface area contributed by atoms with Gasteiger partial charge < -0.3 is 14.2 Å². The average molecular weight is 337 g/mol. The number of carbonyl (C=O) groups is 1. The number of hydrogen-bond acceptors (Lipinski definition) is 3. The number of rotatable bonds is 6. The van der Waals surface area contributed by atoms with E-state index in [0.717, 1.165) is 43.6 Å². The highest BCUT2D eigenvalue weighted by Crippen LogP contribution is 2.19. The molecular weight excluding hydrogens is 314 g/mol. The highest BCUT2D eigenvalue weighted by Gasteiger charge is 2.24. The molecule has 0 bridgehead atoms. The molecule has 2 heterocycles. The van der Waals surface area contributed by atoms with Crippen molar-refractivity contribution in [1.29, 1.82) is 0 Å². The molecule has 1 amide bonds. The number of ether oxygens (including phenoxy) is 1. The maximum absolute atomic E-state index is 12.7. The number of piperidine rings is 1. The van der Waals surface area contributed by atoms with Crippen LogP contribution in [0.3, 0.4) is 0 Å². The predicted molar refractivity (Wildman–Crippen MR) is 96.1 cm³/mol. The fraction of sp³-hybridized carbons (Fsp3) is 0.400. The first-order valence-electron chi connectivity index (χ1n) is 8.61. The van der Waals surface area contributed by atoms with Gasteiger partial charge in [-0.25, -0.2) is 4.98 Å². The Kier molecular flexibility index (Phi) is 5.86. The number of likely N-dealkylation sites (tertiary alicyclic amines) is 1. The molecule has 5 heteroatoms. The minimum absolute atomic E-state index is 0.0934. The quantitative estimate of drug-likeness (QED) is 0.601. The van der Waals surface area contributed by atoms with Crippen LogP contribution in [0.2, 0.25) is 0 Å². The molecule has 0 spiro atoms. The third-order valence-corrected chi connectivity index (χ3v) is 4.47. The van der Waals surface area contributed by atoms with E-state index in [1.54, 1.807) is 12.5 Å². The zero-order valence-corrected chi connectivity index (χ0v) is 14.3. The number of terminal acetylenes is 1. The molecule has 0 saturated carbocycles. The predicted octanol–water partition coefficient (Wildman–Crippen LogP) is 2.43. The normalized spacial score (nSPS) is 17.2. The van der Waals surface area contributed by atoms with Crippen molar-refractivity contribution in [2.75, 3.05) is 26.3 Å². The van der Waals surface area contributed by atoms with Gasteiger partial charge in [0.2, 0.25) is 0 Å². The smallest absolute Gasteiger partial charge is 0.253 e. The summed E-state index contributed by atoms with van der Waals surface area (Å²) in [5, 5.41) is 0. The summed E-state index contributed by atoms with van der Waals surface area (Å²) in [6.07, 6.45) is 12.8. The lowest BCUT2D eigenvalue weighted by atomic mass is 9.98. The van der Waals surface area contributed by atoms with Crippen molar-refractivity contribution in [3.8, 4) is 12.3 Å². The van der Waals surface area contributed by atoms with E-state index in [2.05, 4.69) is 10.9 Å². The molecule has 0 N–H and O–H groups in total. The van der Waals surface area contributed by atoms with Crippen molar-refractivity contribution in [2.45, 2.75) is 19.4 Å². The number of imidazole rings is 1. The molecule has 1 saturated heterocycles. The molecule has 1 fully saturated rings. The number of nitrogens with zero attached hydrogens (tertiary/aromatic N) is 3. The molecule has 1 aromatic heterocycles. The Morgan fingerprint density at radius 2 is 2.20 bits per heavy atom. The van der Waals surface area contributed by atoms with E-state index < -0.39 is 0 Å². The summed E-state index contributed by atoms with van der Waals surface area (Å²) in [5.41, 5.74) is 1.88. The van der Waals surface area contributed by atoms with Crippen molar-refractivity contribution >= 4 is 5.91 Å². The third kappa shape index (κ3) is 4.71. The van der Waals surface area contributed by atoms with E-state index in [4.69, 9.17) is 11.2 Å². The Morgan fingerprint density at radius 1 is 1.36 bits per heavy atom. The minimum Gasteiger partial charge on any atom is -0.368 e. The van der Waals surface area contributed by atoms with Crippen LogP contribution >= 0.6 is 0 Å². The van der Waals surface area contributed by atoms with Crippen LogP contribution in [0.15, 0.2) is 43.0 Å². The van der Waals surface area contributed by atoms with Crippen molar-refractivity contribution < 1.29 is 9.53 Å². The summed E-state index contributed by atoms with van der Waals surface area (Å²) in [4.78, 5) is 18.7. The van der Waals surface area contributed by atoms with Gasteiger partial charge in [-0.1, -0.05) is 18.1 Å². The fourth-order valence-electron chi connectivity index (χ4n) is 3.20. The highest BCUT2D eigenvalue weighted by atomic mass is 16.5. The summed E-state index contributed by atoms with van der Waals surface area (Å²) in [5.74, 6) is 2.94. The van der Waals surface area contributed by atoms with Crippen LogP contribution in [0.1, 0.15) is 28.8 Å². The zero-order chi connectivity index (χ0) is 17.5. The molecule has 3 rings (SSSR count). The van der Waals surface area contributed by atoms with Gasteiger partial charge in [0.15, 0.2) is 0 Å². The molecule has 5 nitrogen and oxygen atoms in total. The van der Waals surface area contributed by atoms with E-state index in [1.165, 1.54) is 0 Å². The lowest BCUT2D eigenvalue weighted by Crippen LogP contribution is -2.41. The van der Waals surface area contributed by atoms with Crippen molar-refractivity contribution in [3.63, 3.8) is 0 Å². The first kappa shape index (κ1) is 17.2. The van der Waals surface area contributed by atoms with Crippen LogP contribution in [0.4, 0.5) is 0 Å². The van der Waals surface area contributed by atoms with Crippen LogP contribution in [0.25, 0.3) is 0 Å². The summed E-state index contributed by atoms with van der Waals surface area (Å²) in [7, 11) is 0. The van der Waals surface area contributed by atoms with Gasteiger partial charge in [0.1, 0.15) is 6.61 Å². The Hall–Kier alpha value is -2.58. The van der Waals surface area contributed by atoms with Gasteiger partial charge in [-0.05, 0) is 30.5 Å². The summed E-state index contributed by atoms with van der Waals surface area (Å²) in [6, 6.07) is 7.83. The molecule has 0 aliphatic carbocycles. The highest BCUT2D eigenvalue weighted by molar-refractivity contribution is 5.94. The van der Waals surface area contributed by atoms with E-state index in [-0.39, 0.29) is 5.91 Å². The van der Waals surface area contributed by atoms with Crippen molar-refractivity contribution in [1.82, 2.24) is 14.5 Å². The number of carbonyl (C=O) groups excluding carboxylic acids is 1. The maximum Gasteiger partial charge on any atom is 0.253 e. The second-order valence-corrected chi connectivity index (χ2v) is 6.41. The second-order valence-electron chi connectivity index (χ2n) is 6.41. The van der Waals surface area contributed by atoms with Gasteiger partial charge in [-0.3, -0.25) is 4.79 Å². The Balaban J connectivity index is 1.57. The van der Waals surface area contributed by atoms with Gasteiger partial charge in [-0.2, -0.15) is 0 Å². The number of amides is 1. The van der Waals surface area contributed by atoms with Gasteiger partial charge in [0.05, 0.1) is 12.9 Å². The summed E-state index contributed by atoms with van der Waals surface area (Å²) >= 11 is 0. The van der Waals surface area contributed by atoms with Crippen LogP contribution in [-0.2, 0) is 11.3 Å². The Morgan fingerprint density at radius 3 is 2.92 bits per heavy atom. The summed E-state index contributed by atoms with van der Waals surface area (Å²) in [6.45, 7) is 3.26. The number of hydrogen-bond donors (Lipinski definition) is 0. The van der Waals surface area contributed by atoms with Gasteiger partial charge in [0.25, 0.3) is 5.91 Å². The summed E-state index contributed by atoms with van der Waals surface area (Å²) < 4.78 is 7.44. The van der Waals surface area contributed by atoms with E-state index >= 15 is 0 Å². The zero-order valence-electron chi connectivity index (χ0n) is 14.3. The van der Waals surface area contributed by atoms with Crippen LogP contribution in [-0.4, -0.2) is 46.7 Å². The number of benzene rings is 1. The van der Waals surface area contributed by atoms with Crippen LogP contribution < -0.4 is 0 Å². The topological polar surface area (TPSA) is 47.4 Å². The van der Waals surface area contributed by atoms with Crippen molar-refractivity contribution in [3.05, 3.63) is 54.1 Å². The van der Waals surface area contributed by atoms with Crippen LogP contribution in [0.5, 0.6) is 0 Å². The number of aromatic nitrogens is 2. The van der Waals surface area contributed by atoms with Crippen molar-refractivity contribution in [2.24, 2.45) is 5.92 Å². The van der Waals surface area contributed by atoms with Crippen LogP contribution in [0, 0.1) is 18.3 Å². The van der Waals surface area contributed by atoms with E-state index in [9.17, 15) is 4.79 Å². The molecule has 1 atom stereocenters. The second kappa shape index (κ2) is 8.50. The van der Waals surface area contributed by atoms with E-state index in [1.807, 2.05) is 39.9 Å². The van der Waals surface area contributed by atoms with Gasteiger partial charge >= 0.3 is 0 Å². The molecule has 1 aliphatic rings. The lowest BCUT2D eigenvalue weighted by Gasteiger charge is -2.32. The average Bonchev–Trinajstić information content (AvgIpc) is 3.15.